The van der Waals surface area contributed by atoms with Crippen LogP contribution in [0.2, 0.25) is 0 Å². The summed E-state index contributed by atoms with van der Waals surface area (Å²) >= 11 is 0. The number of hydrogen-bond donors (Lipinski definition) is 0. The highest BCUT2D eigenvalue weighted by Gasteiger charge is 2.42. The number of nitrogens with zero attached hydrogens (tertiary/aromatic N) is 2. The number of fused-ring (bicyclic) bond motifs is 3. The van der Waals surface area contributed by atoms with Crippen molar-refractivity contribution < 1.29 is 28.1 Å². The van der Waals surface area contributed by atoms with Crippen LogP contribution < -0.4 is 19.1 Å². The lowest BCUT2D eigenvalue weighted by molar-refractivity contribution is 0.0303. The minimum Gasteiger partial charge on any atom is -0.494 e. The fourth-order valence-corrected chi connectivity index (χ4v) is 6.56. The molecule has 0 aliphatic carbocycles. The summed E-state index contributed by atoms with van der Waals surface area (Å²) in [4.78, 5) is 18.4. The van der Waals surface area contributed by atoms with Crippen molar-refractivity contribution in [2.24, 2.45) is 0 Å². The van der Waals surface area contributed by atoms with Gasteiger partial charge >= 0.3 is 0 Å². The van der Waals surface area contributed by atoms with Gasteiger partial charge in [0.25, 0.3) is 0 Å². The Labute approximate surface area is 243 Å². The van der Waals surface area contributed by atoms with Crippen molar-refractivity contribution in [2.75, 3.05) is 44.9 Å². The van der Waals surface area contributed by atoms with Gasteiger partial charge in [0, 0.05) is 41.9 Å². The van der Waals surface area contributed by atoms with Crippen LogP contribution in [0.4, 0.5) is 10.1 Å². The van der Waals surface area contributed by atoms with Crippen molar-refractivity contribution >= 4 is 11.5 Å². The van der Waals surface area contributed by atoms with E-state index in [1.54, 1.807) is 7.11 Å². The molecule has 2 unspecified atom stereocenters. The van der Waals surface area contributed by atoms with E-state index in [-0.39, 0.29) is 35.7 Å². The molecule has 2 atom stereocenters. The first-order valence-corrected chi connectivity index (χ1v) is 14.9. The number of morpholine rings is 1. The van der Waals surface area contributed by atoms with Gasteiger partial charge in [-0.2, -0.15) is 0 Å². The van der Waals surface area contributed by atoms with Gasteiger partial charge in [-0.05, 0) is 69.7 Å². The molecule has 2 aromatic rings. The Hall–Kier alpha value is -2.84. The Morgan fingerprint density at radius 3 is 2.29 bits per heavy atom. The molecule has 0 aromatic heterocycles. The van der Waals surface area contributed by atoms with Gasteiger partial charge in [0.1, 0.15) is 5.75 Å². The van der Waals surface area contributed by atoms with Crippen molar-refractivity contribution in [3.8, 4) is 17.2 Å². The minimum absolute atomic E-state index is 0.00742. The highest BCUT2D eigenvalue weighted by Crippen LogP contribution is 2.47. The van der Waals surface area contributed by atoms with Crippen LogP contribution in [0.25, 0.3) is 0 Å². The lowest BCUT2D eigenvalue weighted by Gasteiger charge is -2.36. The van der Waals surface area contributed by atoms with Crippen LogP contribution in [-0.2, 0) is 22.2 Å². The highest BCUT2D eigenvalue weighted by molar-refractivity contribution is 5.99. The molecular weight excluding hydrogens is 523 g/mol. The van der Waals surface area contributed by atoms with E-state index in [4.69, 9.17) is 18.9 Å². The summed E-state index contributed by atoms with van der Waals surface area (Å²) in [6.07, 6.45) is 2.53. The molecule has 0 N–H and O–H groups in total. The van der Waals surface area contributed by atoms with Crippen molar-refractivity contribution in [1.82, 2.24) is 4.90 Å². The maximum atomic E-state index is 15.8. The molecule has 3 heterocycles. The summed E-state index contributed by atoms with van der Waals surface area (Å²) in [7, 11) is 1.70. The molecule has 2 bridgehead atoms. The minimum atomic E-state index is -0.575. The highest BCUT2D eigenvalue weighted by atomic mass is 19.1. The van der Waals surface area contributed by atoms with E-state index in [0.717, 1.165) is 48.5 Å². The molecule has 8 heteroatoms. The quantitative estimate of drug-likeness (QED) is 0.332. The van der Waals surface area contributed by atoms with Crippen molar-refractivity contribution in [1.29, 1.82) is 0 Å². The monoisotopic (exact) mass is 568 g/mol. The molecule has 3 aliphatic rings. The van der Waals surface area contributed by atoms with Gasteiger partial charge in [0.05, 0.1) is 44.8 Å². The van der Waals surface area contributed by atoms with Crippen LogP contribution in [0.1, 0.15) is 88.4 Å². The number of carbonyl (C=O) groups excluding carboxylic acids is 1. The van der Waals surface area contributed by atoms with Crippen LogP contribution in [0, 0.1) is 5.82 Å². The Balaban J connectivity index is 1.49. The predicted octanol–water partition coefficient (Wildman–Crippen LogP) is 6.23. The molecule has 0 amide bonds. The lowest BCUT2D eigenvalue weighted by atomic mass is 9.84. The smallest absolute Gasteiger partial charge is 0.197 e. The van der Waals surface area contributed by atoms with Crippen LogP contribution >= 0.6 is 0 Å². The predicted molar refractivity (Wildman–Crippen MR) is 158 cm³/mol. The van der Waals surface area contributed by atoms with Crippen LogP contribution in [0.15, 0.2) is 18.2 Å². The van der Waals surface area contributed by atoms with Crippen LogP contribution in [0.3, 0.4) is 0 Å². The third kappa shape index (κ3) is 5.41. The first kappa shape index (κ1) is 29.6. The summed E-state index contributed by atoms with van der Waals surface area (Å²) in [5, 5.41) is 0. The van der Waals surface area contributed by atoms with E-state index < -0.39 is 11.4 Å². The summed E-state index contributed by atoms with van der Waals surface area (Å²) in [5.41, 5.74) is 3.15. The number of carbonyl (C=O) groups is 1. The van der Waals surface area contributed by atoms with E-state index in [9.17, 15) is 4.79 Å². The number of anilines is 1. The molecule has 5 rings (SSSR count). The van der Waals surface area contributed by atoms with Gasteiger partial charge in [0.15, 0.2) is 23.1 Å². The first-order chi connectivity index (χ1) is 19.4. The molecule has 0 radical (unpaired) electrons. The number of methoxy groups -OCH3 is 1. The standard InChI is InChI=1S/C33H45FN2O5/c1-9-39-28-15-24-23(29(34)31(28)40-10-2)18-36(33(24,6)7)19-27(37)20-13-25(32(3,4)5)30(38-8)26(14-20)35-16-21-11-12-22(17-35)41-21/h13-15,21-22H,9-12,16-19H2,1-8H3. The fraction of sp³-hybridized carbons (Fsp3) is 0.606. The van der Waals surface area contributed by atoms with E-state index in [1.807, 2.05) is 50.8 Å². The third-order valence-corrected chi connectivity index (χ3v) is 8.80. The van der Waals surface area contributed by atoms with Gasteiger partial charge in [-0.25, -0.2) is 4.39 Å². The largest absolute Gasteiger partial charge is 0.494 e. The van der Waals surface area contributed by atoms with Gasteiger partial charge in [-0.15, -0.1) is 0 Å². The zero-order chi connectivity index (χ0) is 29.7. The zero-order valence-corrected chi connectivity index (χ0v) is 25.9. The second-order valence-electron chi connectivity index (χ2n) is 12.9. The van der Waals surface area contributed by atoms with Gasteiger partial charge in [0.2, 0.25) is 0 Å². The second-order valence-corrected chi connectivity index (χ2v) is 12.9. The van der Waals surface area contributed by atoms with E-state index in [2.05, 4.69) is 25.7 Å². The Morgan fingerprint density at radius 2 is 1.71 bits per heavy atom. The van der Waals surface area contributed by atoms with Gasteiger partial charge in [-0.3, -0.25) is 9.69 Å². The van der Waals surface area contributed by atoms with Crippen LogP contribution in [-0.4, -0.2) is 62.8 Å². The number of Topliss-reactive ketones (excluding diaryl/α,β-unsaturated/α-hetero) is 1. The summed E-state index contributed by atoms with van der Waals surface area (Å²) in [6.45, 7) is 17.0. The van der Waals surface area contributed by atoms with Crippen molar-refractivity contribution in [3.05, 3.63) is 46.3 Å². The summed E-state index contributed by atoms with van der Waals surface area (Å²) in [5.74, 6) is 0.955. The molecule has 0 saturated carbocycles. The number of ether oxygens (including phenoxy) is 4. The normalized spacial score (nSPS) is 21.6. The summed E-state index contributed by atoms with van der Waals surface area (Å²) < 4.78 is 39.3. The molecule has 2 saturated heterocycles. The van der Waals surface area contributed by atoms with Crippen molar-refractivity contribution in [2.45, 2.75) is 91.0 Å². The summed E-state index contributed by atoms with van der Waals surface area (Å²) in [6, 6.07) is 5.85. The molecule has 224 valence electrons. The maximum Gasteiger partial charge on any atom is 0.197 e. The topological polar surface area (TPSA) is 60.5 Å². The molecule has 0 spiro atoms. The fourth-order valence-electron chi connectivity index (χ4n) is 6.56. The SMILES string of the molecule is CCOc1cc2c(c(F)c1OCC)CN(CC(=O)c1cc(N3CC4CCC(C3)O4)c(OC)c(C(C)(C)C)c1)C2(C)C. The molecular formula is C33H45FN2O5. The van der Waals surface area contributed by atoms with Crippen LogP contribution in [0.5, 0.6) is 17.2 Å². The average molecular weight is 569 g/mol. The van der Waals surface area contributed by atoms with Gasteiger partial charge < -0.3 is 23.8 Å². The Morgan fingerprint density at radius 1 is 1.05 bits per heavy atom. The van der Waals surface area contributed by atoms with Crippen molar-refractivity contribution in [3.63, 3.8) is 0 Å². The Kier molecular flexibility index (Phi) is 8.03. The van der Waals surface area contributed by atoms with E-state index in [1.165, 1.54) is 0 Å². The molecule has 7 nitrogen and oxygen atoms in total. The van der Waals surface area contributed by atoms with E-state index >= 15 is 4.39 Å². The zero-order valence-electron chi connectivity index (χ0n) is 25.9. The molecule has 2 fully saturated rings. The first-order valence-electron chi connectivity index (χ1n) is 14.9. The Bertz CT molecular complexity index is 1310. The lowest BCUT2D eigenvalue weighted by Crippen LogP contribution is -2.43. The molecule has 41 heavy (non-hydrogen) atoms. The average Bonchev–Trinajstić information content (AvgIpc) is 3.39. The number of rotatable bonds is 9. The third-order valence-electron chi connectivity index (χ3n) is 8.80. The number of benzene rings is 2. The van der Waals surface area contributed by atoms with Gasteiger partial charge in [-0.1, -0.05) is 20.8 Å². The molecule has 2 aromatic carbocycles. The maximum absolute atomic E-state index is 15.8. The second kappa shape index (κ2) is 11.1. The number of halogens is 1. The number of ketones is 1. The number of hydrogen-bond acceptors (Lipinski definition) is 7. The van der Waals surface area contributed by atoms with E-state index in [0.29, 0.717) is 36.6 Å². The molecule has 3 aliphatic heterocycles.